The zero-order valence-electron chi connectivity index (χ0n) is 16.5. The number of fused-ring (bicyclic) bond motifs is 1. The minimum Gasteiger partial charge on any atom is -0.348 e. The van der Waals surface area contributed by atoms with Crippen molar-refractivity contribution in [2.75, 3.05) is 0 Å². The fourth-order valence-corrected chi connectivity index (χ4v) is 3.53. The summed E-state index contributed by atoms with van der Waals surface area (Å²) in [5, 5.41) is 13.8. The van der Waals surface area contributed by atoms with Gasteiger partial charge in [0.25, 0.3) is 17.4 Å². The molecule has 0 aliphatic carbocycles. The van der Waals surface area contributed by atoms with Gasteiger partial charge in [-0.2, -0.15) is 4.68 Å². The first-order valence-corrected chi connectivity index (χ1v) is 9.97. The van der Waals surface area contributed by atoms with E-state index in [0.717, 1.165) is 15.8 Å². The lowest BCUT2D eigenvalue weighted by molar-refractivity contribution is -0.136. The van der Waals surface area contributed by atoms with Gasteiger partial charge in [0.05, 0.1) is 5.39 Å². The van der Waals surface area contributed by atoms with Crippen LogP contribution in [0.25, 0.3) is 10.9 Å². The maximum Gasteiger partial charge on any atom is 0.278 e. The fraction of sp³-hybridized carbons (Fsp3) is 0.238. The highest BCUT2D eigenvalue weighted by Gasteiger charge is 2.30. The number of aryl methyl sites for hydroxylation is 1. The molecule has 0 radical (unpaired) electrons. The van der Waals surface area contributed by atoms with Gasteiger partial charge in [0.2, 0.25) is 5.91 Å². The third-order valence-electron chi connectivity index (χ3n) is 5.14. The second-order valence-electron chi connectivity index (χ2n) is 7.30. The summed E-state index contributed by atoms with van der Waals surface area (Å²) < 4.78 is 1.01. The zero-order chi connectivity index (χ0) is 22.1. The molecule has 158 valence electrons. The van der Waals surface area contributed by atoms with Crippen molar-refractivity contribution in [2.24, 2.45) is 0 Å². The normalized spacial score (nSPS) is 16.3. The van der Waals surface area contributed by atoms with E-state index in [1.807, 2.05) is 6.92 Å². The first-order chi connectivity index (χ1) is 14.8. The largest absolute Gasteiger partial charge is 0.348 e. The van der Waals surface area contributed by atoms with E-state index in [0.29, 0.717) is 21.5 Å². The molecular formula is C21H18ClN5O4. The molecule has 2 N–H and O–H groups in total. The summed E-state index contributed by atoms with van der Waals surface area (Å²) in [6.45, 7) is 2.08. The number of halogens is 1. The number of amides is 3. The third kappa shape index (κ3) is 4.17. The Hall–Kier alpha value is -3.59. The van der Waals surface area contributed by atoms with Gasteiger partial charge in [-0.1, -0.05) is 28.9 Å². The van der Waals surface area contributed by atoms with Crippen LogP contribution in [0.2, 0.25) is 5.02 Å². The molecule has 1 fully saturated rings. The molecule has 10 heteroatoms. The molecule has 2 aromatic carbocycles. The highest BCUT2D eigenvalue weighted by Crippen LogP contribution is 2.18. The van der Waals surface area contributed by atoms with E-state index in [4.69, 9.17) is 11.6 Å². The SMILES string of the molecule is Cc1ccc(C(=O)NCc2ccc3c(=O)n(C4CCC(=O)NC4=O)nnc3c2)cc1Cl. The van der Waals surface area contributed by atoms with Gasteiger partial charge in [0.15, 0.2) is 0 Å². The van der Waals surface area contributed by atoms with Crippen molar-refractivity contribution in [2.45, 2.75) is 32.4 Å². The van der Waals surface area contributed by atoms with Gasteiger partial charge in [-0.05, 0) is 48.7 Å². The molecule has 1 atom stereocenters. The number of rotatable bonds is 4. The monoisotopic (exact) mass is 439 g/mol. The van der Waals surface area contributed by atoms with Crippen LogP contribution >= 0.6 is 11.6 Å². The number of aromatic nitrogens is 3. The summed E-state index contributed by atoms with van der Waals surface area (Å²) in [4.78, 5) is 48.5. The van der Waals surface area contributed by atoms with Gasteiger partial charge in [-0.25, -0.2) is 0 Å². The Kier molecular flexibility index (Phi) is 5.51. The molecule has 31 heavy (non-hydrogen) atoms. The molecule has 0 saturated carbocycles. The molecule has 1 aliphatic rings. The lowest BCUT2D eigenvalue weighted by Crippen LogP contribution is -2.45. The van der Waals surface area contributed by atoms with Crippen LogP contribution in [0.15, 0.2) is 41.2 Å². The number of hydrogen-bond donors (Lipinski definition) is 2. The van der Waals surface area contributed by atoms with Gasteiger partial charge in [-0.3, -0.25) is 24.5 Å². The summed E-state index contributed by atoms with van der Waals surface area (Å²) in [6, 6.07) is 9.14. The molecule has 9 nitrogen and oxygen atoms in total. The first kappa shape index (κ1) is 20.7. The standard InChI is InChI=1S/C21H18ClN5O4/c1-11-2-4-13(9-15(11)22)19(29)23-10-12-3-5-14-16(8-12)25-26-27(21(14)31)17-6-7-18(28)24-20(17)30/h2-5,8-9,17H,6-7,10H2,1H3,(H,23,29)(H,24,28,30). The summed E-state index contributed by atoms with van der Waals surface area (Å²) in [5.41, 5.74) is 1.94. The van der Waals surface area contributed by atoms with E-state index in [1.165, 1.54) is 0 Å². The van der Waals surface area contributed by atoms with Crippen LogP contribution in [0.5, 0.6) is 0 Å². The van der Waals surface area contributed by atoms with Gasteiger partial charge >= 0.3 is 0 Å². The van der Waals surface area contributed by atoms with E-state index in [2.05, 4.69) is 20.9 Å². The van der Waals surface area contributed by atoms with Gasteiger partial charge in [0, 0.05) is 23.6 Å². The van der Waals surface area contributed by atoms with Crippen LogP contribution < -0.4 is 16.2 Å². The van der Waals surface area contributed by atoms with Crippen LogP contribution in [-0.2, 0) is 16.1 Å². The van der Waals surface area contributed by atoms with E-state index in [-0.39, 0.29) is 31.2 Å². The number of nitrogens with zero attached hydrogens (tertiary/aromatic N) is 3. The quantitative estimate of drug-likeness (QED) is 0.596. The Balaban J connectivity index is 1.53. The molecule has 3 amide bonds. The lowest BCUT2D eigenvalue weighted by atomic mass is 10.1. The minimum atomic E-state index is -0.873. The average Bonchev–Trinajstić information content (AvgIpc) is 2.75. The Bertz CT molecular complexity index is 1290. The smallest absolute Gasteiger partial charge is 0.278 e. The molecule has 1 aliphatic heterocycles. The van der Waals surface area contributed by atoms with Crippen molar-refractivity contribution in [1.82, 2.24) is 25.6 Å². The number of carbonyl (C=O) groups excluding carboxylic acids is 3. The number of hydrogen-bond acceptors (Lipinski definition) is 6. The summed E-state index contributed by atoms with van der Waals surface area (Å²) in [5.74, 6) is -1.22. The van der Waals surface area contributed by atoms with Crippen molar-refractivity contribution >= 4 is 40.2 Å². The Morgan fingerprint density at radius 3 is 2.77 bits per heavy atom. The van der Waals surface area contributed by atoms with Crippen molar-refractivity contribution in [3.63, 3.8) is 0 Å². The second-order valence-corrected chi connectivity index (χ2v) is 7.71. The molecule has 2 heterocycles. The lowest BCUT2D eigenvalue weighted by Gasteiger charge is -2.21. The van der Waals surface area contributed by atoms with Crippen LogP contribution in [0.4, 0.5) is 0 Å². The maximum atomic E-state index is 12.8. The van der Waals surface area contributed by atoms with Crippen molar-refractivity contribution in [3.8, 4) is 0 Å². The number of carbonyl (C=O) groups is 3. The van der Waals surface area contributed by atoms with Crippen LogP contribution in [-0.4, -0.2) is 32.7 Å². The minimum absolute atomic E-state index is 0.132. The van der Waals surface area contributed by atoms with Gasteiger partial charge in [0.1, 0.15) is 11.6 Å². The molecule has 0 bridgehead atoms. The third-order valence-corrected chi connectivity index (χ3v) is 5.55. The molecule has 0 spiro atoms. The number of benzene rings is 2. The first-order valence-electron chi connectivity index (χ1n) is 9.59. The Morgan fingerprint density at radius 2 is 2.03 bits per heavy atom. The second kappa shape index (κ2) is 8.27. The highest BCUT2D eigenvalue weighted by atomic mass is 35.5. The van der Waals surface area contributed by atoms with E-state index in [9.17, 15) is 19.2 Å². The Labute approximate surface area is 181 Å². The molecule has 3 aromatic rings. The van der Waals surface area contributed by atoms with Crippen molar-refractivity contribution < 1.29 is 14.4 Å². The number of piperidine rings is 1. The van der Waals surface area contributed by atoms with Gasteiger partial charge in [-0.15, -0.1) is 5.10 Å². The molecule has 1 saturated heterocycles. The molecule has 4 rings (SSSR count). The van der Waals surface area contributed by atoms with Crippen molar-refractivity contribution in [3.05, 3.63) is 68.5 Å². The van der Waals surface area contributed by atoms with Crippen LogP contribution in [0, 0.1) is 6.92 Å². The highest BCUT2D eigenvalue weighted by molar-refractivity contribution is 6.31. The van der Waals surface area contributed by atoms with Crippen LogP contribution in [0.3, 0.4) is 0 Å². The topological polar surface area (TPSA) is 123 Å². The van der Waals surface area contributed by atoms with E-state index < -0.39 is 17.5 Å². The predicted octanol–water partition coefficient (Wildman–Crippen LogP) is 1.66. The zero-order valence-corrected chi connectivity index (χ0v) is 17.3. The summed E-state index contributed by atoms with van der Waals surface area (Å²) in [7, 11) is 0. The molecular weight excluding hydrogens is 422 g/mol. The predicted molar refractivity (Wildman–Crippen MR) is 113 cm³/mol. The molecule has 1 unspecified atom stereocenters. The molecule has 1 aromatic heterocycles. The van der Waals surface area contributed by atoms with E-state index in [1.54, 1.807) is 36.4 Å². The number of imide groups is 1. The maximum absolute atomic E-state index is 12.8. The number of nitrogens with one attached hydrogen (secondary N) is 2. The average molecular weight is 440 g/mol. The van der Waals surface area contributed by atoms with Crippen LogP contribution in [0.1, 0.15) is 40.4 Å². The van der Waals surface area contributed by atoms with Gasteiger partial charge < -0.3 is 5.32 Å². The van der Waals surface area contributed by atoms with E-state index >= 15 is 0 Å². The fourth-order valence-electron chi connectivity index (χ4n) is 3.35. The summed E-state index contributed by atoms with van der Waals surface area (Å²) >= 11 is 6.07. The summed E-state index contributed by atoms with van der Waals surface area (Å²) in [6.07, 6.45) is 0.325. The Morgan fingerprint density at radius 1 is 1.23 bits per heavy atom. The van der Waals surface area contributed by atoms with Crippen molar-refractivity contribution in [1.29, 1.82) is 0 Å².